The van der Waals surface area contributed by atoms with E-state index in [2.05, 4.69) is 31.9 Å². The van der Waals surface area contributed by atoms with Gasteiger partial charge in [0.25, 0.3) is 0 Å². The van der Waals surface area contributed by atoms with Crippen LogP contribution in [0.2, 0.25) is 0 Å². The first-order valence-corrected chi connectivity index (χ1v) is 24.9. The zero-order chi connectivity index (χ0) is 55.2. The first-order valence-electron chi connectivity index (χ1n) is 24.4. The molecule has 5 unspecified atom stereocenters. The minimum Gasteiger partial charge on any atom is -0.487 e. The summed E-state index contributed by atoms with van der Waals surface area (Å²) in [6, 6.07) is 4.00. The number of hydrogen-bond donors (Lipinski definition) is 9. The third-order valence-corrected chi connectivity index (χ3v) is 13.6. The Bertz CT molecular complexity index is 2360. The van der Waals surface area contributed by atoms with Gasteiger partial charge in [0.05, 0.1) is 24.0 Å². The molecule has 1 fully saturated rings. The molecular formula is C51H70ClN7O15. The van der Waals surface area contributed by atoms with Gasteiger partial charge in [-0.15, -0.1) is 11.6 Å². The van der Waals surface area contributed by atoms with Crippen LogP contribution in [-0.4, -0.2) is 160 Å². The number of carbonyl (C=O) groups is 9. The maximum atomic E-state index is 15.2. The van der Waals surface area contributed by atoms with E-state index in [0.717, 1.165) is 24.0 Å². The van der Waals surface area contributed by atoms with Crippen LogP contribution in [-0.2, 0) is 59.0 Å². The molecule has 0 aliphatic carbocycles. The number of ether oxygens (including phenoxy) is 3. The summed E-state index contributed by atoms with van der Waals surface area (Å²) in [5, 5.41) is 48.3. The molecule has 5 rings (SSSR count). The Hall–Kier alpha value is -6.62. The number of esters is 2. The van der Waals surface area contributed by atoms with Crippen LogP contribution >= 0.6 is 11.6 Å². The lowest BCUT2D eigenvalue weighted by Gasteiger charge is -2.34. The number of hydrogen-bond acceptors (Lipinski definition) is 15. The summed E-state index contributed by atoms with van der Waals surface area (Å²) in [6.45, 7) is 10.2. The second kappa shape index (κ2) is 27.1. The Labute approximate surface area is 435 Å². The van der Waals surface area contributed by atoms with Gasteiger partial charge in [0.1, 0.15) is 66.9 Å². The van der Waals surface area contributed by atoms with Gasteiger partial charge < -0.3 is 66.3 Å². The number of cyclic esters (lactones) is 1. The van der Waals surface area contributed by atoms with E-state index in [1.807, 2.05) is 0 Å². The van der Waals surface area contributed by atoms with Gasteiger partial charge in [-0.25, -0.2) is 4.79 Å². The highest BCUT2D eigenvalue weighted by Gasteiger charge is 2.42. The van der Waals surface area contributed by atoms with Crippen molar-refractivity contribution in [3.63, 3.8) is 0 Å². The molecule has 3 aliphatic rings. The minimum absolute atomic E-state index is 0.133. The second-order valence-electron chi connectivity index (χ2n) is 19.1. The van der Waals surface area contributed by atoms with Crippen molar-refractivity contribution in [2.45, 2.75) is 134 Å². The monoisotopic (exact) mass is 1060 g/mol. The number of likely N-dealkylation sites (N-methyl/N-ethyl adjacent to an activating group) is 1. The van der Waals surface area contributed by atoms with Crippen molar-refractivity contribution in [1.29, 1.82) is 0 Å². The highest BCUT2D eigenvalue weighted by Crippen LogP contribution is 2.26. The molecule has 1 saturated heterocycles. The van der Waals surface area contributed by atoms with E-state index in [1.54, 1.807) is 58.0 Å². The zero-order valence-corrected chi connectivity index (χ0v) is 43.7. The molecule has 13 atom stereocenters. The number of amides is 7. The molecular weight excluding hydrogens is 986 g/mol. The third-order valence-electron chi connectivity index (χ3n) is 13.1. The van der Waals surface area contributed by atoms with Crippen molar-refractivity contribution in [3.05, 3.63) is 77.9 Å². The van der Waals surface area contributed by atoms with Crippen LogP contribution in [0.5, 0.6) is 5.75 Å². The summed E-state index contributed by atoms with van der Waals surface area (Å²) in [5.41, 5.74) is -1.28. The maximum Gasteiger partial charge on any atom is 0.332 e. The largest absolute Gasteiger partial charge is 0.487 e. The predicted molar refractivity (Wildman–Crippen MR) is 267 cm³/mol. The Balaban J connectivity index is 2.03. The number of aliphatic hydroxyl groups excluding tert-OH is 2. The second-order valence-corrected chi connectivity index (χ2v) is 19.4. The van der Waals surface area contributed by atoms with E-state index in [0.29, 0.717) is 5.56 Å². The van der Waals surface area contributed by atoms with Crippen LogP contribution in [0.4, 0.5) is 0 Å². The molecule has 406 valence electrons. The lowest BCUT2D eigenvalue weighted by Crippen LogP contribution is -2.61. The van der Waals surface area contributed by atoms with Crippen LogP contribution in [0.15, 0.2) is 66.7 Å². The number of nitrogens with zero attached hydrogens (tertiary/aromatic N) is 1. The minimum atomic E-state index is -1.98. The Morgan fingerprint density at radius 3 is 2.05 bits per heavy atom. The topological polar surface area (TPSA) is 317 Å². The van der Waals surface area contributed by atoms with Crippen molar-refractivity contribution in [2.24, 2.45) is 17.8 Å². The number of halogens is 1. The molecule has 0 spiro atoms. The number of carbonyl (C=O) groups excluding carboxylic acids is 9. The van der Waals surface area contributed by atoms with E-state index in [9.17, 15) is 53.7 Å². The van der Waals surface area contributed by atoms with Gasteiger partial charge in [0.15, 0.2) is 6.04 Å². The number of rotatable bonds is 10. The van der Waals surface area contributed by atoms with E-state index < -0.39 is 156 Å². The molecule has 9 N–H and O–H groups in total. The fourth-order valence-electron chi connectivity index (χ4n) is 7.90. The molecule has 3 heterocycles. The van der Waals surface area contributed by atoms with Gasteiger partial charge in [0.2, 0.25) is 41.4 Å². The summed E-state index contributed by atoms with van der Waals surface area (Å²) in [4.78, 5) is 128. The number of benzene rings is 2. The van der Waals surface area contributed by atoms with Gasteiger partial charge in [-0.2, -0.15) is 0 Å². The van der Waals surface area contributed by atoms with Gasteiger partial charge in [-0.3, -0.25) is 38.4 Å². The van der Waals surface area contributed by atoms with Crippen molar-refractivity contribution >= 4 is 64.9 Å². The fraction of sp³-hybridized carbons (Fsp3) is 0.549. The van der Waals surface area contributed by atoms with Gasteiger partial charge >= 0.3 is 11.9 Å². The Kier molecular flexibility index (Phi) is 21.9. The van der Waals surface area contributed by atoms with E-state index in [1.165, 1.54) is 52.1 Å². The quantitative estimate of drug-likeness (QED) is 0.110. The predicted octanol–water partition coefficient (Wildman–Crippen LogP) is -0.156. The molecule has 3 aliphatic heterocycles. The van der Waals surface area contributed by atoms with E-state index in [4.69, 9.17) is 25.8 Å². The standard InChI is InChI=1S/C51H70ClN7O15/c1-10-27(4)39-46(66)58-42-33-16-18-34(19-17-33)74-31(8)51(71,25-52)21-20-37(61)53-23-38(62)72-24-35(50(70)73-30(7)41(48(68)55-39)57-44(64)28(5)43(63)26(2)3)54-47(67)40(29(6)60)56-45(65)36(59(9)49(42)69)22-32-14-12-11-13-15-32/h11-21,26-31,35-36,39-43,60,63,71H,10,22-25H2,1-9H3,(H,53,61)(H,54,67)(H,55,68)(H,56,65)(H,57,64)(H,58,66)/b21-20+/t27?,28-,29?,30-,31-,35+,36?,39?,40?,41+,42+,43-,51+/m0/s1. The molecule has 2 aromatic carbocycles. The number of aliphatic hydroxyl groups is 3. The fourth-order valence-corrected chi connectivity index (χ4v) is 8.20. The molecule has 2 aromatic rings. The molecule has 7 amide bonds. The third kappa shape index (κ3) is 15.9. The van der Waals surface area contributed by atoms with Gasteiger partial charge in [-0.1, -0.05) is 83.5 Å². The van der Waals surface area contributed by atoms with Crippen molar-refractivity contribution in [2.75, 3.05) is 26.1 Å². The van der Waals surface area contributed by atoms with Crippen molar-refractivity contribution in [1.82, 2.24) is 36.8 Å². The van der Waals surface area contributed by atoms with Crippen LogP contribution in [0.3, 0.4) is 0 Å². The first-order chi connectivity index (χ1) is 34.8. The molecule has 0 radical (unpaired) electrons. The summed E-state index contributed by atoms with van der Waals surface area (Å²) >= 11 is 6.17. The molecule has 4 bridgehead atoms. The maximum absolute atomic E-state index is 15.2. The van der Waals surface area contributed by atoms with Gasteiger partial charge in [0, 0.05) is 19.5 Å². The van der Waals surface area contributed by atoms with Crippen molar-refractivity contribution < 1.29 is 72.7 Å². The highest BCUT2D eigenvalue weighted by atomic mass is 35.5. The molecule has 0 saturated carbocycles. The smallest absolute Gasteiger partial charge is 0.332 e. The summed E-state index contributed by atoms with van der Waals surface area (Å²) in [5.74, 6) is -11.8. The highest BCUT2D eigenvalue weighted by molar-refractivity contribution is 6.18. The SMILES string of the molecule is CCC(C)C1NC(=O)[C@H](NC(=O)[C@@H](C)[C@@H](O)C(C)C)[C@H](C)OC(=O)[C@H]2COC(=O)CNC(=O)/C=C/[C@@](O)(CCl)[C@H](C)Oc3ccc(cc3)[C@@H](NC1=O)C(=O)N(C)C(Cc1ccccc1)C(=O)NC(C(C)O)C(=O)N2. The molecule has 22 nitrogen and oxygen atoms in total. The van der Waals surface area contributed by atoms with Crippen LogP contribution in [0, 0.1) is 17.8 Å². The molecule has 0 aromatic heterocycles. The zero-order valence-electron chi connectivity index (χ0n) is 43.0. The van der Waals surface area contributed by atoms with Crippen molar-refractivity contribution in [3.8, 4) is 5.75 Å². The van der Waals surface area contributed by atoms with Crippen LogP contribution < -0.4 is 36.6 Å². The van der Waals surface area contributed by atoms with E-state index >= 15 is 4.79 Å². The lowest BCUT2D eigenvalue weighted by molar-refractivity contribution is -0.160. The van der Waals surface area contributed by atoms with Crippen LogP contribution in [0.25, 0.3) is 0 Å². The summed E-state index contributed by atoms with van der Waals surface area (Å²) < 4.78 is 17.0. The summed E-state index contributed by atoms with van der Waals surface area (Å²) in [6.07, 6.45) is -3.61. The number of nitrogens with one attached hydrogen (secondary N) is 6. The number of fused-ring (bicyclic) bond motifs is 11. The van der Waals surface area contributed by atoms with Crippen LogP contribution in [0.1, 0.15) is 79.0 Å². The lowest BCUT2D eigenvalue weighted by atomic mass is 9.93. The first kappa shape index (κ1) is 59.9. The Morgan fingerprint density at radius 2 is 1.46 bits per heavy atom. The van der Waals surface area contributed by atoms with Gasteiger partial charge in [-0.05, 0) is 61.9 Å². The number of alkyl halides is 1. The average Bonchev–Trinajstić information content (AvgIpc) is 3.37. The Morgan fingerprint density at radius 1 is 0.838 bits per heavy atom. The average molecular weight is 1060 g/mol. The molecule has 23 heteroatoms. The normalized spacial score (nSPS) is 28.5. The van der Waals surface area contributed by atoms with E-state index in [-0.39, 0.29) is 24.2 Å². The molecule has 74 heavy (non-hydrogen) atoms. The summed E-state index contributed by atoms with van der Waals surface area (Å²) in [7, 11) is 1.29.